The Morgan fingerprint density at radius 1 is 1.35 bits per heavy atom. The van der Waals surface area contributed by atoms with Gasteiger partial charge in [0.05, 0.1) is 11.1 Å². The van der Waals surface area contributed by atoms with E-state index in [1.807, 2.05) is 30.5 Å². The Morgan fingerprint density at radius 2 is 2.18 bits per heavy atom. The molecule has 2 heterocycles. The molecule has 84 valence electrons. The molecule has 0 saturated heterocycles. The largest absolute Gasteiger partial charge is 0.494 e. The Labute approximate surface area is 107 Å². The van der Waals surface area contributed by atoms with E-state index >= 15 is 0 Å². The molecule has 0 saturated carbocycles. The van der Waals surface area contributed by atoms with Gasteiger partial charge in [-0.05, 0) is 18.3 Å². The molecule has 0 fully saturated rings. The van der Waals surface area contributed by atoms with Crippen LogP contribution < -0.4 is 0 Å². The van der Waals surface area contributed by atoms with E-state index in [-0.39, 0.29) is 5.88 Å². The minimum absolute atomic E-state index is 0.158. The number of allylic oxidation sites excluding steroid dienone is 1. The molecule has 0 aliphatic carbocycles. The van der Waals surface area contributed by atoms with Crippen molar-refractivity contribution in [3.63, 3.8) is 0 Å². The Balaban J connectivity index is 2.15. The van der Waals surface area contributed by atoms with E-state index in [2.05, 4.69) is 4.99 Å². The second-order valence-corrected chi connectivity index (χ2v) is 5.09. The van der Waals surface area contributed by atoms with Crippen LogP contribution >= 0.6 is 23.6 Å². The van der Waals surface area contributed by atoms with Crippen LogP contribution in [0.2, 0.25) is 0 Å². The normalized spacial score (nSPS) is 15.4. The third-order valence-electron chi connectivity index (χ3n) is 2.53. The van der Waals surface area contributed by atoms with Crippen LogP contribution in [0.15, 0.2) is 34.6 Å². The van der Waals surface area contributed by atoms with Crippen LogP contribution in [0, 0.1) is 3.95 Å². The summed E-state index contributed by atoms with van der Waals surface area (Å²) < 4.78 is 2.21. The van der Waals surface area contributed by atoms with E-state index in [1.165, 1.54) is 11.3 Å². The van der Waals surface area contributed by atoms with Gasteiger partial charge in [0.25, 0.3) is 0 Å². The first-order valence-electron chi connectivity index (χ1n) is 5.00. The predicted octanol–water partition coefficient (Wildman–Crippen LogP) is 3.70. The van der Waals surface area contributed by atoms with Crippen molar-refractivity contribution >= 4 is 47.2 Å². The predicted molar refractivity (Wildman–Crippen MR) is 73.6 cm³/mol. The maximum Gasteiger partial charge on any atom is 0.207 e. The molecule has 0 bridgehead atoms. The van der Waals surface area contributed by atoms with Crippen molar-refractivity contribution in [1.29, 1.82) is 0 Å². The van der Waals surface area contributed by atoms with Crippen LogP contribution in [0.25, 0.3) is 11.8 Å². The lowest BCUT2D eigenvalue weighted by atomic mass is 10.1. The standard InChI is InChI=1S/C12H8N2OS2/c15-11-7-17-12(16)14(11)6-8-5-13-10-4-2-1-3-9(8)10/h1-7,15H. The monoisotopic (exact) mass is 260 g/mol. The van der Waals surface area contributed by atoms with E-state index in [4.69, 9.17) is 12.2 Å². The van der Waals surface area contributed by atoms with E-state index < -0.39 is 0 Å². The maximum absolute atomic E-state index is 9.66. The van der Waals surface area contributed by atoms with Gasteiger partial charge in [0.2, 0.25) is 5.88 Å². The fourth-order valence-electron chi connectivity index (χ4n) is 1.71. The smallest absolute Gasteiger partial charge is 0.207 e. The van der Waals surface area contributed by atoms with Gasteiger partial charge in [-0.15, -0.1) is 11.3 Å². The fraction of sp³-hybridized carbons (Fsp3) is 0. The summed E-state index contributed by atoms with van der Waals surface area (Å²) in [6.45, 7) is 0. The molecule has 2 aromatic rings. The number of hydrogen-bond acceptors (Lipinski definition) is 4. The Hall–Kier alpha value is -1.72. The summed E-state index contributed by atoms with van der Waals surface area (Å²) in [5, 5.41) is 11.3. The summed E-state index contributed by atoms with van der Waals surface area (Å²) in [4.78, 5) is 4.30. The number of aromatic nitrogens is 1. The highest BCUT2D eigenvalue weighted by Crippen LogP contribution is 2.32. The van der Waals surface area contributed by atoms with Crippen LogP contribution in [-0.2, 0) is 0 Å². The molecule has 0 atom stereocenters. The number of nitrogens with zero attached hydrogens (tertiary/aromatic N) is 2. The van der Waals surface area contributed by atoms with Gasteiger partial charge in [-0.3, -0.25) is 9.56 Å². The number of aromatic hydroxyl groups is 1. The number of benzene rings is 1. The second-order valence-electron chi connectivity index (χ2n) is 3.59. The molecule has 1 aliphatic rings. The number of thiazole rings is 1. The van der Waals surface area contributed by atoms with Gasteiger partial charge in [0.1, 0.15) is 0 Å². The molecule has 1 aliphatic heterocycles. The van der Waals surface area contributed by atoms with E-state index in [0.29, 0.717) is 3.95 Å². The summed E-state index contributed by atoms with van der Waals surface area (Å²) in [6.07, 6.45) is 3.59. The molecule has 5 heteroatoms. The third-order valence-corrected chi connectivity index (χ3v) is 3.75. The Morgan fingerprint density at radius 3 is 2.94 bits per heavy atom. The average molecular weight is 260 g/mol. The molecule has 17 heavy (non-hydrogen) atoms. The molecule has 1 aromatic heterocycles. The van der Waals surface area contributed by atoms with Crippen molar-refractivity contribution in [2.75, 3.05) is 0 Å². The molecule has 1 N–H and O–H groups in total. The highest BCUT2D eigenvalue weighted by Gasteiger charge is 2.11. The first kappa shape index (κ1) is 10.4. The van der Waals surface area contributed by atoms with Crippen molar-refractivity contribution < 1.29 is 5.11 Å². The van der Waals surface area contributed by atoms with Crippen molar-refractivity contribution in [1.82, 2.24) is 4.57 Å². The highest BCUT2D eigenvalue weighted by atomic mass is 32.1. The molecule has 0 amide bonds. The molecule has 0 radical (unpaired) electrons. The number of aliphatic imine (C=N–C) groups is 1. The van der Waals surface area contributed by atoms with Gasteiger partial charge in [0.15, 0.2) is 3.95 Å². The van der Waals surface area contributed by atoms with Crippen LogP contribution in [0.1, 0.15) is 5.56 Å². The lowest BCUT2D eigenvalue weighted by molar-refractivity contribution is 0.446. The molecule has 0 spiro atoms. The number of rotatable bonds is 1. The second kappa shape index (κ2) is 3.94. The van der Waals surface area contributed by atoms with Crippen LogP contribution in [0.3, 0.4) is 0 Å². The van der Waals surface area contributed by atoms with Gasteiger partial charge in [-0.2, -0.15) is 0 Å². The lowest BCUT2D eigenvalue weighted by Gasteiger charge is -2.00. The minimum Gasteiger partial charge on any atom is -0.494 e. The third kappa shape index (κ3) is 1.73. The van der Waals surface area contributed by atoms with Gasteiger partial charge in [-0.1, -0.05) is 18.2 Å². The summed E-state index contributed by atoms with van der Waals surface area (Å²) in [5.41, 5.74) is 2.95. The zero-order chi connectivity index (χ0) is 11.8. The molecule has 3 rings (SSSR count). The van der Waals surface area contributed by atoms with Gasteiger partial charge >= 0.3 is 0 Å². The van der Waals surface area contributed by atoms with Crippen molar-refractivity contribution in [2.24, 2.45) is 4.99 Å². The average Bonchev–Trinajstić information content (AvgIpc) is 2.88. The zero-order valence-corrected chi connectivity index (χ0v) is 10.3. The van der Waals surface area contributed by atoms with Crippen LogP contribution in [0.4, 0.5) is 5.69 Å². The molecule has 3 nitrogen and oxygen atoms in total. The molecule has 0 unspecified atom stereocenters. The number of para-hydroxylation sites is 1. The van der Waals surface area contributed by atoms with Crippen LogP contribution in [-0.4, -0.2) is 15.9 Å². The first-order chi connectivity index (χ1) is 8.25. The molecular weight excluding hydrogens is 252 g/mol. The maximum atomic E-state index is 9.66. The quantitative estimate of drug-likeness (QED) is 0.794. The van der Waals surface area contributed by atoms with Gasteiger partial charge in [-0.25, -0.2) is 0 Å². The summed E-state index contributed by atoms with van der Waals surface area (Å²) in [7, 11) is 0. The van der Waals surface area contributed by atoms with Crippen LogP contribution in [0.5, 0.6) is 5.88 Å². The van der Waals surface area contributed by atoms with Crippen molar-refractivity contribution in [3.05, 3.63) is 39.2 Å². The number of hydrogen-bond donors (Lipinski definition) is 1. The topological polar surface area (TPSA) is 37.5 Å². The van der Waals surface area contributed by atoms with Crippen molar-refractivity contribution in [3.8, 4) is 5.88 Å². The van der Waals surface area contributed by atoms with E-state index in [9.17, 15) is 5.11 Å². The number of fused-ring (bicyclic) bond motifs is 1. The fourth-order valence-corrected chi connectivity index (χ4v) is 2.58. The summed E-state index contributed by atoms with van der Waals surface area (Å²) in [5.74, 6) is 0.158. The lowest BCUT2D eigenvalue weighted by Crippen LogP contribution is -1.88. The Kier molecular flexibility index (Phi) is 2.42. The first-order valence-corrected chi connectivity index (χ1v) is 6.29. The van der Waals surface area contributed by atoms with E-state index in [1.54, 1.807) is 16.2 Å². The Bertz CT molecular complexity index is 695. The minimum atomic E-state index is 0.158. The zero-order valence-electron chi connectivity index (χ0n) is 8.70. The van der Waals surface area contributed by atoms with Gasteiger partial charge in [0, 0.05) is 23.6 Å². The molecule has 1 aromatic carbocycles. The SMILES string of the molecule is Oc1csc(=S)n1C=C1C=Nc2ccccc21. The summed E-state index contributed by atoms with van der Waals surface area (Å²) in [6, 6.07) is 7.88. The van der Waals surface area contributed by atoms with Crippen molar-refractivity contribution in [2.45, 2.75) is 0 Å². The highest BCUT2D eigenvalue weighted by molar-refractivity contribution is 7.73. The van der Waals surface area contributed by atoms with Gasteiger partial charge < -0.3 is 5.11 Å². The molecular formula is C12H8N2OS2. The van der Waals surface area contributed by atoms with E-state index in [0.717, 1.165) is 16.8 Å². The summed E-state index contributed by atoms with van der Waals surface area (Å²) >= 11 is 6.47.